The van der Waals surface area contributed by atoms with Gasteiger partial charge in [0.15, 0.2) is 0 Å². The molecule has 6 rings (SSSR count). The van der Waals surface area contributed by atoms with Crippen LogP contribution in [0.5, 0.6) is 0 Å². The maximum absolute atomic E-state index is 13.4. The third-order valence-electron chi connectivity index (χ3n) is 13.0. The zero-order valence-corrected chi connectivity index (χ0v) is 44.1. The van der Waals surface area contributed by atoms with Crippen molar-refractivity contribution < 1.29 is 42.7 Å². The molecule has 2 saturated heterocycles. The Labute approximate surface area is 421 Å². The van der Waals surface area contributed by atoms with Crippen molar-refractivity contribution in [3.05, 3.63) is 127 Å². The maximum Gasteiger partial charge on any atom is 0.501 e. The number of nitrogens with one attached hydrogen (secondary N) is 2. The number of hydrogen-bond donors (Lipinski definition) is 3. The van der Waals surface area contributed by atoms with E-state index in [9.17, 15) is 29.3 Å². The van der Waals surface area contributed by atoms with Gasteiger partial charge in [-0.1, -0.05) is 53.9 Å². The number of rotatable bonds is 7. The van der Waals surface area contributed by atoms with Gasteiger partial charge in [-0.2, -0.15) is 0 Å². The van der Waals surface area contributed by atoms with Crippen molar-refractivity contribution in [2.75, 3.05) is 5.73 Å². The lowest BCUT2D eigenvalue weighted by molar-refractivity contribution is -0.383. The van der Waals surface area contributed by atoms with Crippen molar-refractivity contribution in [3.63, 3.8) is 0 Å². The first-order valence-corrected chi connectivity index (χ1v) is 23.3. The first-order valence-electron chi connectivity index (χ1n) is 23.3. The lowest BCUT2D eigenvalue weighted by Gasteiger charge is -2.35. The molecule has 0 aromatic heterocycles. The predicted octanol–water partition coefficient (Wildman–Crippen LogP) is 8.50. The number of nitro benzene ring substituents is 1. The molecule has 2 aliphatic heterocycles. The molecule has 0 bridgehead atoms. The van der Waals surface area contributed by atoms with Crippen LogP contribution in [0.4, 0.5) is 11.4 Å². The highest BCUT2D eigenvalue weighted by atomic mass is 16.7. The summed E-state index contributed by atoms with van der Waals surface area (Å²) in [5.74, 6) is -1.74. The zero-order chi connectivity index (χ0) is 52.9. The number of hydrogen-bond acceptors (Lipinski definition) is 11. The Bertz CT molecular complexity index is 2630. The molecule has 2 aliphatic rings. The Morgan fingerprint density at radius 3 is 1.15 bits per heavy atom. The highest BCUT2D eigenvalue weighted by molar-refractivity contribution is 6.64. The zero-order valence-electron chi connectivity index (χ0n) is 44.1. The van der Waals surface area contributed by atoms with Gasteiger partial charge in [0.05, 0.1) is 43.9 Å². The quantitative estimate of drug-likeness (QED) is 0.0693. The van der Waals surface area contributed by atoms with Crippen LogP contribution in [-0.4, -0.2) is 86.3 Å². The van der Waals surface area contributed by atoms with Gasteiger partial charge in [-0.05, 0) is 167 Å². The molecule has 4 amide bonds. The second kappa shape index (κ2) is 20.6. The van der Waals surface area contributed by atoms with E-state index in [0.29, 0.717) is 27.8 Å². The number of hydrazine groups is 2. The molecular weight excluding hydrogens is 902 g/mol. The molecule has 2 heterocycles. The van der Waals surface area contributed by atoms with Crippen molar-refractivity contribution in [3.8, 4) is 0 Å². The van der Waals surface area contributed by atoms with Gasteiger partial charge in [0.1, 0.15) is 0 Å². The molecule has 382 valence electrons. The molecular formula is C53H74B2N6O10. The Hall–Kier alpha value is -6.07. The molecule has 4 aromatic rings. The number of aryl methyl sites for hydroxylation is 4. The molecule has 16 nitrogen and oxygen atoms in total. The van der Waals surface area contributed by atoms with E-state index < -0.39 is 64.5 Å². The molecule has 0 unspecified atom stereocenters. The van der Waals surface area contributed by atoms with Crippen LogP contribution in [0.1, 0.15) is 168 Å². The topological polar surface area (TPSA) is 205 Å². The average Bonchev–Trinajstić information content (AvgIpc) is 3.58. The minimum Gasteiger partial charge on any atom is -0.399 e. The molecule has 2 fully saturated rings. The summed E-state index contributed by atoms with van der Waals surface area (Å²) in [4.78, 5) is 64.4. The van der Waals surface area contributed by atoms with E-state index in [1.807, 2.05) is 128 Å². The van der Waals surface area contributed by atoms with Gasteiger partial charge in [-0.3, -0.25) is 40.1 Å². The third-order valence-corrected chi connectivity index (χ3v) is 13.0. The first kappa shape index (κ1) is 57.5. The van der Waals surface area contributed by atoms with E-state index in [1.54, 1.807) is 51.1 Å². The average molecular weight is 977 g/mol. The van der Waals surface area contributed by atoms with Crippen molar-refractivity contribution in [2.24, 2.45) is 0 Å². The van der Waals surface area contributed by atoms with Crippen LogP contribution in [0.2, 0.25) is 0 Å². The van der Waals surface area contributed by atoms with Crippen LogP contribution in [0.25, 0.3) is 0 Å². The largest absolute Gasteiger partial charge is 0.501 e. The molecule has 0 aliphatic carbocycles. The van der Waals surface area contributed by atoms with Gasteiger partial charge in [0.25, 0.3) is 29.3 Å². The number of nitrogen functional groups attached to an aromatic ring is 1. The summed E-state index contributed by atoms with van der Waals surface area (Å²) >= 11 is 0. The fraction of sp³-hybridized carbons (Fsp3) is 0.472. The van der Waals surface area contributed by atoms with Gasteiger partial charge in [-0.25, -0.2) is 10.0 Å². The molecule has 18 heteroatoms. The van der Waals surface area contributed by atoms with E-state index in [4.69, 9.17) is 24.4 Å². The number of anilines is 1. The summed E-state index contributed by atoms with van der Waals surface area (Å²) in [5, 5.41) is 14.5. The summed E-state index contributed by atoms with van der Waals surface area (Å²) in [5.41, 5.74) is 14.0. The minimum absolute atomic E-state index is 0. The number of carbonyl (C=O) groups is 4. The lowest BCUT2D eigenvalue weighted by Crippen LogP contribution is -2.56. The van der Waals surface area contributed by atoms with Gasteiger partial charge >= 0.3 is 14.2 Å². The predicted molar refractivity (Wildman–Crippen MR) is 281 cm³/mol. The summed E-state index contributed by atoms with van der Waals surface area (Å²) in [6.45, 7) is 33.9. The Kier molecular flexibility index (Phi) is 16.7. The number of nitro groups is 1. The minimum atomic E-state index is -0.954. The number of benzene rings is 4. The van der Waals surface area contributed by atoms with Crippen molar-refractivity contribution in [1.82, 2.24) is 20.9 Å². The molecule has 71 heavy (non-hydrogen) atoms. The van der Waals surface area contributed by atoms with E-state index in [-0.39, 0.29) is 36.0 Å². The van der Waals surface area contributed by atoms with Crippen LogP contribution in [0.15, 0.2) is 72.8 Å². The van der Waals surface area contributed by atoms with E-state index in [0.717, 1.165) is 22.3 Å². The fourth-order valence-electron chi connectivity index (χ4n) is 7.75. The monoisotopic (exact) mass is 977 g/mol. The standard InChI is InChI=1S/C26H34BN3O6.C26H36BN3O4.CH4/c1-16-12-17(2)14-19(13-16)23(32)29(24(3,4)5)28-22(31)18-10-11-20(21(15-18)30(33)34)27-35-25(6,7)26(8,9)36-27;1-16-12-17(2)14-19(13-16)23(32)30(24(3,4)5)29-22(31)18-10-11-20(21(28)15-18)27-33-25(6,7)26(8,9)34-27;/h10-15H,1-9H3,(H,28,31);10-15H,28H2,1-9H3,(H,29,31);1H4. The maximum atomic E-state index is 13.4. The third kappa shape index (κ3) is 12.9. The Balaban J connectivity index is 0.000000305. The van der Waals surface area contributed by atoms with Crippen LogP contribution < -0.4 is 27.5 Å². The second-order valence-corrected chi connectivity index (χ2v) is 22.3. The van der Waals surface area contributed by atoms with Crippen LogP contribution >= 0.6 is 0 Å². The molecule has 0 spiro atoms. The lowest BCUT2D eigenvalue weighted by atomic mass is 9.77. The summed E-state index contributed by atoms with van der Waals surface area (Å²) < 4.78 is 24.1. The van der Waals surface area contributed by atoms with Crippen molar-refractivity contribution >= 4 is 60.2 Å². The van der Waals surface area contributed by atoms with E-state index in [1.165, 1.54) is 28.2 Å². The summed E-state index contributed by atoms with van der Waals surface area (Å²) in [6, 6.07) is 20.2. The van der Waals surface area contributed by atoms with Crippen LogP contribution in [0, 0.1) is 37.8 Å². The van der Waals surface area contributed by atoms with Crippen LogP contribution in [-0.2, 0) is 18.6 Å². The number of nitrogens with two attached hydrogens (primary N) is 1. The molecule has 4 aromatic carbocycles. The Morgan fingerprint density at radius 2 is 0.845 bits per heavy atom. The highest BCUT2D eigenvalue weighted by Gasteiger charge is 2.54. The SMILES string of the molecule is C.Cc1cc(C)cc(C(=O)N(NC(=O)c2ccc(B3OC(C)(C)C(C)(C)O3)c(N)c2)C(C)(C)C)c1.Cc1cc(C)cc(C(=O)N(NC(=O)c2ccc(B3OC(C)(C)C(C)(C)O3)c([N+](=O)[O-])c2)C(C)(C)C)c1. The smallest absolute Gasteiger partial charge is 0.399 e. The fourth-order valence-corrected chi connectivity index (χ4v) is 7.75. The highest BCUT2D eigenvalue weighted by Crippen LogP contribution is 2.38. The molecule has 0 atom stereocenters. The van der Waals surface area contributed by atoms with Crippen molar-refractivity contribution in [2.45, 2.75) is 166 Å². The number of amides is 4. The number of nitrogens with zero attached hydrogens (tertiary/aromatic N) is 3. The van der Waals surface area contributed by atoms with Crippen LogP contribution in [0.3, 0.4) is 0 Å². The van der Waals surface area contributed by atoms with Gasteiger partial charge in [-0.15, -0.1) is 0 Å². The van der Waals surface area contributed by atoms with Gasteiger partial charge in [0, 0.05) is 39.5 Å². The summed E-state index contributed by atoms with van der Waals surface area (Å²) in [7, 11) is -1.58. The molecule has 0 radical (unpaired) electrons. The second-order valence-electron chi connectivity index (χ2n) is 22.3. The van der Waals surface area contributed by atoms with Gasteiger partial charge < -0.3 is 24.4 Å². The molecule has 0 saturated carbocycles. The summed E-state index contributed by atoms with van der Waals surface area (Å²) in [6.07, 6.45) is 0. The first-order chi connectivity index (χ1) is 31.9. The van der Waals surface area contributed by atoms with Gasteiger partial charge in [0.2, 0.25) is 0 Å². The van der Waals surface area contributed by atoms with Crippen molar-refractivity contribution in [1.29, 1.82) is 0 Å². The number of carbonyl (C=O) groups excluding carboxylic acids is 4. The normalized spacial score (nSPS) is 16.5. The Morgan fingerprint density at radius 1 is 0.535 bits per heavy atom. The molecule has 4 N–H and O–H groups in total. The van der Waals surface area contributed by atoms with E-state index in [2.05, 4.69) is 10.9 Å². The van der Waals surface area contributed by atoms with E-state index >= 15 is 0 Å².